The maximum absolute atomic E-state index is 3.40. The number of anilines is 1. The van der Waals surface area contributed by atoms with Crippen LogP contribution in [0.2, 0.25) is 0 Å². The molecule has 0 aliphatic heterocycles. The van der Waals surface area contributed by atoms with Crippen LogP contribution in [0.15, 0.2) is 69.8 Å². The first-order valence-corrected chi connectivity index (χ1v) is 7.35. The Bertz CT molecular complexity index is 578. The average Bonchev–Trinajstić information content (AvgIpc) is 2.43. The van der Waals surface area contributed by atoms with E-state index in [9.17, 15) is 0 Å². The van der Waals surface area contributed by atoms with Crippen molar-refractivity contribution in [3.63, 3.8) is 0 Å². The standard InChI is InChI=1S/C15H12Br2N2.ClH/c16-12-2-6-14(7-3-12)18-10-1-11-19-15-8-4-13(17)5-9-15;/h1-11,18H;1H/b10-1+,19-11?;. The molecule has 2 aromatic rings. The molecule has 104 valence electrons. The molecular formula is C15H13Br2ClN2. The molecule has 20 heavy (non-hydrogen) atoms. The molecule has 0 spiro atoms. The largest absolute Gasteiger partial charge is 1.00 e. The summed E-state index contributed by atoms with van der Waals surface area (Å²) < 4.78 is 2.15. The van der Waals surface area contributed by atoms with Gasteiger partial charge in [-0.3, -0.25) is 0 Å². The van der Waals surface area contributed by atoms with Gasteiger partial charge in [-0.25, -0.2) is 4.99 Å². The normalized spacial score (nSPS) is 10.7. The number of hydrogen-bond donors (Lipinski definition) is 2. The summed E-state index contributed by atoms with van der Waals surface area (Å²) in [6.07, 6.45) is 5.69. The van der Waals surface area contributed by atoms with Gasteiger partial charge >= 0.3 is 0 Å². The first-order chi connectivity index (χ1) is 9.24. The van der Waals surface area contributed by atoms with Crippen LogP contribution < -0.4 is 22.7 Å². The molecule has 2 aromatic carbocycles. The van der Waals surface area contributed by atoms with Crippen LogP contribution >= 0.6 is 31.9 Å². The van der Waals surface area contributed by atoms with E-state index in [1.165, 1.54) is 0 Å². The van der Waals surface area contributed by atoms with Gasteiger partial charge in [0.2, 0.25) is 5.69 Å². The predicted octanol–water partition coefficient (Wildman–Crippen LogP) is 0.624. The molecule has 0 amide bonds. The van der Waals surface area contributed by atoms with E-state index in [0.29, 0.717) is 0 Å². The van der Waals surface area contributed by atoms with Crippen molar-refractivity contribution in [2.75, 3.05) is 5.32 Å². The molecule has 2 rings (SSSR count). The van der Waals surface area contributed by atoms with Gasteiger partial charge in [0, 0.05) is 39.0 Å². The molecule has 0 unspecified atom stereocenters. The van der Waals surface area contributed by atoms with Crippen molar-refractivity contribution in [2.45, 2.75) is 0 Å². The lowest BCUT2D eigenvalue weighted by Crippen LogP contribution is -3.00. The molecule has 0 aromatic heterocycles. The van der Waals surface area contributed by atoms with Crippen molar-refractivity contribution >= 4 is 49.4 Å². The molecule has 0 saturated carbocycles. The first-order valence-electron chi connectivity index (χ1n) is 5.76. The maximum Gasteiger partial charge on any atom is 0.203 e. The molecule has 0 fully saturated rings. The van der Waals surface area contributed by atoms with E-state index in [-0.39, 0.29) is 12.4 Å². The smallest absolute Gasteiger partial charge is 0.203 e. The number of rotatable bonds is 4. The third-order valence-electron chi connectivity index (χ3n) is 2.38. The summed E-state index contributed by atoms with van der Waals surface area (Å²) in [5.41, 5.74) is 2.10. The molecule has 2 nitrogen and oxygen atoms in total. The SMILES string of the molecule is Brc1ccc(N/C=C/C=[NH+]c2ccc(Br)cc2)cc1.[Cl-]. The summed E-state index contributed by atoms with van der Waals surface area (Å²) in [6, 6.07) is 16.0. The summed E-state index contributed by atoms with van der Waals surface area (Å²) in [7, 11) is 0. The Balaban J connectivity index is 0.00000200. The zero-order chi connectivity index (χ0) is 13.5. The first kappa shape index (κ1) is 17.0. The fourth-order valence-corrected chi connectivity index (χ4v) is 1.96. The number of allylic oxidation sites excluding steroid dienone is 1. The summed E-state index contributed by atoms with van der Waals surface area (Å²) in [5.74, 6) is 0. The highest BCUT2D eigenvalue weighted by molar-refractivity contribution is 9.10. The van der Waals surface area contributed by atoms with E-state index < -0.39 is 0 Å². The van der Waals surface area contributed by atoms with Crippen LogP contribution in [0.1, 0.15) is 0 Å². The van der Waals surface area contributed by atoms with Crippen LogP contribution in [0.3, 0.4) is 0 Å². The molecule has 0 saturated heterocycles. The minimum absolute atomic E-state index is 0. The lowest BCUT2D eigenvalue weighted by molar-refractivity contribution is -0.346. The van der Waals surface area contributed by atoms with Gasteiger partial charge in [0.1, 0.15) is 0 Å². The predicted molar refractivity (Wildman–Crippen MR) is 87.7 cm³/mol. The average molecular weight is 417 g/mol. The molecule has 0 aliphatic carbocycles. The lowest BCUT2D eigenvalue weighted by Gasteiger charge is -1.98. The zero-order valence-electron chi connectivity index (χ0n) is 10.5. The molecule has 0 aliphatic rings. The molecule has 2 N–H and O–H groups in total. The summed E-state index contributed by atoms with van der Waals surface area (Å²) in [6.45, 7) is 0. The molecule has 0 atom stereocenters. The highest BCUT2D eigenvalue weighted by atomic mass is 79.9. The maximum atomic E-state index is 3.40. The van der Waals surface area contributed by atoms with E-state index in [1.807, 2.05) is 67.0 Å². The second kappa shape index (κ2) is 8.95. The Morgan fingerprint density at radius 2 is 1.40 bits per heavy atom. The Labute approximate surface area is 141 Å². The minimum atomic E-state index is 0. The van der Waals surface area contributed by atoms with Crippen LogP contribution in [0.4, 0.5) is 11.4 Å². The monoisotopic (exact) mass is 414 g/mol. The molecule has 0 heterocycles. The van der Waals surface area contributed by atoms with E-state index in [1.54, 1.807) is 0 Å². The van der Waals surface area contributed by atoms with Crippen molar-refractivity contribution in [3.8, 4) is 0 Å². The Kier molecular flexibility index (Phi) is 7.59. The van der Waals surface area contributed by atoms with Gasteiger partial charge in [0.05, 0.1) is 0 Å². The number of halogens is 3. The van der Waals surface area contributed by atoms with Crippen LogP contribution in [0, 0.1) is 0 Å². The minimum Gasteiger partial charge on any atom is -1.00 e. The quantitative estimate of drug-likeness (QED) is 0.703. The van der Waals surface area contributed by atoms with Crippen LogP contribution in [-0.2, 0) is 0 Å². The van der Waals surface area contributed by atoms with Crippen molar-refractivity contribution in [2.24, 2.45) is 0 Å². The van der Waals surface area contributed by atoms with Gasteiger partial charge < -0.3 is 17.7 Å². The fourth-order valence-electron chi connectivity index (χ4n) is 1.43. The third kappa shape index (κ3) is 5.90. The van der Waals surface area contributed by atoms with Gasteiger partial charge in [-0.15, -0.1) is 0 Å². The van der Waals surface area contributed by atoms with Crippen LogP contribution in [-0.4, -0.2) is 6.21 Å². The van der Waals surface area contributed by atoms with Gasteiger partial charge in [-0.2, -0.15) is 0 Å². The third-order valence-corrected chi connectivity index (χ3v) is 3.44. The van der Waals surface area contributed by atoms with Gasteiger partial charge in [-0.1, -0.05) is 31.9 Å². The summed E-state index contributed by atoms with van der Waals surface area (Å²) in [4.78, 5) is 3.19. The molecule has 0 bridgehead atoms. The fraction of sp³-hybridized carbons (Fsp3) is 0. The number of nitrogens with one attached hydrogen (secondary N) is 2. The summed E-state index contributed by atoms with van der Waals surface area (Å²) >= 11 is 6.81. The van der Waals surface area contributed by atoms with Gasteiger partial charge in [0.25, 0.3) is 0 Å². The van der Waals surface area contributed by atoms with E-state index in [4.69, 9.17) is 0 Å². The van der Waals surface area contributed by atoms with Gasteiger partial charge in [0.15, 0.2) is 6.21 Å². The highest BCUT2D eigenvalue weighted by Gasteiger charge is 1.92. The van der Waals surface area contributed by atoms with E-state index >= 15 is 0 Å². The van der Waals surface area contributed by atoms with Crippen molar-refractivity contribution in [3.05, 3.63) is 69.8 Å². The van der Waals surface area contributed by atoms with Gasteiger partial charge in [-0.05, 0) is 36.4 Å². The van der Waals surface area contributed by atoms with Crippen LogP contribution in [0.5, 0.6) is 0 Å². The summed E-state index contributed by atoms with van der Waals surface area (Å²) in [5, 5.41) is 3.19. The number of benzene rings is 2. The van der Waals surface area contributed by atoms with Crippen molar-refractivity contribution < 1.29 is 17.4 Å². The second-order valence-corrected chi connectivity index (χ2v) is 5.66. The molecule has 5 heteroatoms. The Morgan fingerprint density at radius 3 is 2.00 bits per heavy atom. The lowest BCUT2D eigenvalue weighted by atomic mass is 10.3. The molecule has 0 radical (unpaired) electrons. The van der Waals surface area contributed by atoms with E-state index in [2.05, 4.69) is 42.2 Å². The van der Waals surface area contributed by atoms with Crippen molar-refractivity contribution in [1.82, 2.24) is 0 Å². The van der Waals surface area contributed by atoms with Crippen molar-refractivity contribution in [1.29, 1.82) is 0 Å². The molecular weight excluding hydrogens is 403 g/mol. The topological polar surface area (TPSA) is 26.0 Å². The van der Waals surface area contributed by atoms with Crippen LogP contribution in [0.25, 0.3) is 0 Å². The number of hydrogen-bond acceptors (Lipinski definition) is 1. The second-order valence-electron chi connectivity index (χ2n) is 3.83. The Hall–Kier alpha value is -1.10. The highest BCUT2D eigenvalue weighted by Crippen LogP contribution is 2.13. The van der Waals surface area contributed by atoms with E-state index in [0.717, 1.165) is 20.3 Å². The Morgan fingerprint density at radius 1 is 0.850 bits per heavy atom. The zero-order valence-corrected chi connectivity index (χ0v) is 14.4.